The van der Waals surface area contributed by atoms with Crippen LogP contribution in [-0.4, -0.2) is 26.8 Å². The molecule has 1 aliphatic heterocycles. The Balaban J connectivity index is 2.04. The van der Waals surface area contributed by atoms with E-state index >= 15 is 0 Å². The first-order valence-electron chi connectivity index (χ1n) is 10.3. The van der Waals surface area contributed by atoms with Gasteiger partial charge in [-0.1, -0.05) is 54.1 Å². The van der Waals surface area contributed by atoms with Gasteiger partial charge >= 0.3 is 0 Å². The van der Waals surface area contributed by atoms with Crippen LogP contribution < -0.4 is 9.64 Å². The molecule has 0 N–H and O–H groups in total. The standard InChI is InChI=1S/C24H26N4O2S/c1-7-31-24-25-22-20(26-27-24)19-12-14(3)10-16(5)21(19)28(17(6)29)23(30-22)18-11-13(2)8-9-15(18)4/h8-12,23H,7H2,1-6H3/t23-/m0/s1. The van der Waals surface area contributed by atoms with E-state index in [9.17, 15) is 4.79 Å². The molecule has 7 heteroatoms. The van der Waals surface area contributed by atoms with E-state index in [1.807, 2.05) is 40.7 Å². The average molecular weight is 435 g/mol. The minimum atomic E-state index is -0.657. The molecule has 31 heavy (non-hydrogen) atoms. The number of rotatable bonds is 3. The Morgan fingerprint density at radius 1 is 1.06 bits per heavy atom. The molecule has 1 aromatic heterocycles. The lowest BCUT2D eigenvalue weighted by molar-refractivity contribution is -0.118. The molecule has 0 radical (unpaired) electrons. The molecular weight excluding hydrogens is 408 g/mol. The Morgan fingerprint density at radius 3 is 2.55 bits per heavy atom. The lowest BCUT2D eigenvalue weighted by Crippen LogP contribution is -2.37. The topological polar surface area (TPSA) is 68.2 Å². The molecule has 4 rings (SSSR count). The van der Waals surface area contributed by atoms with Crippen molar-refractivity contribution in [1.29, 1.82) is 0 Å². The van der Waals surface area contributed by atoms with Gasteiger partial charge in [-0.05, 0) is 50.6 Å². The Kier molecular flexibility index (Phi) is 5.71. The van der Waals surface area contributed by atoms with Crippen molar-refractivity contribution in [3.63, 3.8) is 0 Å². The number of carbonyl (C=O) groups is 1. The number of aryl methyl sites for hydroxylation is 4. The Morgan fingerprint density at radius 2 is 1.84 bits per heavy atom. The van der Waals surface area contributed by atoms with Gasteiger partial charge in [-0.15, -0.1) is 10.2 Å². The first-order chi connectivity index (χ1) is 14.8. The van der Waals surface area contributed by atoms with Crippen LogP contribution in [0.3, 0.4) is 0 Å². The molecule has 2 aromatic carbocycles. The lowest BCUT2D eigenvalue weighted by Gasteiger charge is -2.32. The van der Waals surface area contributed by atoms with Gasteiger partial charge in [0.05, 0.1) is 5.69 Å². The fourth-order valence-corrected chi connectivity index (χ4v) is 4.53. The maximum atomic E-state index is 13.0. The van der Waals surface area contributed by atoms with Crippen LogP contribution in [0.4, 0.5) is 5.69 Å². The minimum Gasteiger partial charge on any atom is -0.447 e. The normalized spacial score (nSPS) is 15.0. The van der Waals surface area contributed by atoms with Gasteiger partial charge in [0.1, 0.15) is 0 Å². The summed E-state index contributed by atoms with van der Waals surface area (Å²) in [5, 5.41) is 9.34. The number of ether oxygens (including phenoxy) is 1. The second kappa shape index (κ2) is 8.30. The molecule has 0 aliphatic carbocycles. The van der Waals surface area contributed by atoms with Crippen LogP contribution in [0.15, 0.2) is 35.5 Å². The summed E-state index contributed by atoms with van der Waals surface area (Å²) in [6.07, 6.45) is -0.657. The largest absolute Gasteiger partial charge is 0.447 e. The Bertz CT molecular complexity index is 1180. The van der Waals surface area contributed by atoms with E-state index in [2.05, 4.69) is 39.4 Å². The van der Waals surface area contributed by atoms with Crippen molar-refractivity contribution in [1.82, 2.24) is 15.2 Å². The van der Waals surface area contributed by atoms with Crippen molar-refractivity contribution in [2.75, 3.05) is 10.7 Å². The van der Waals surface area contributed by atoms with Gasteiger partial charge in [0, 0.05) is 18.1 Å². The third-order valence-corrected chi connectivity index (χ3v) is 6.07. The Hall–Kier alpha value is -2.93. The molecule has 3 aromatic rings. The van der Waals surface area contributed by atoms with Crippen LogP contribution in [0, 0.1) is 27.7 Å². The van der Waals surface area contributed by atoms with Crippen molar-refractivity contribution in [2.24, 2.45) is 0 Å². The van der Waals surface area contributed by atoms with Crippen molar-refractivity contribution < 1.29 is 9.53 Å². The van der Waals surface area contributed by atoms with Crippen LogP contribution in [0.5, 0.6) is 5.88 Å². The van der Waals surface area contributed by atoms with Gasteiger partial charge in [-0.25, -0.2) is 0 Å². The molecule has 160 valence electrons. The molecular formula is C24H26N4O2S. The van der Waals surface area contributed by atoms with E-state index in [1.165, 1.54) is 11.8 Å². The van der Waals surface area contributed by atoms with Crippen LogP contribution in [0.2, 0.25) is 0 Å². The van der Waals surface area contributed by atoms with Crippen molar-refractivity contribution in [3.05, 3.63) is 58.1 Å². The van der Waals surface area contributed by atoms with Gasteiger partial charge in [0.25, 0.3) is 0 Å². The van der Waals surface area contributed by atoms with E-state index in [0.717, 1.165) is 44.8 Å². The van der Waals surface area contributed by atoms with E-state index in [0.29, 0.717) is 16.7 Å². The zero-order valence-corrected chi connectivity index (χ0v) is 19.5. The predicted molar refractivity (Wildman–Crippen MR) is 124 cm³/mol. The fraction of sp³-hybridized carbons (Fsp3) is 0.333. The summed E-state index contributed by atoms with van der Waals surface area (Å²) in [7, 11) is 0. The summed E-state index contributed by atoms with van der Waals surface area (Å²) < 4.78 is 6.50. The van der Waals surface area contributed by atoms with Gasteiger partial charge in [0.2, 0.25) is 23.2 Å². The summed E-state index contributed by atoms with van der Waals surface area (Å²) in [4.78, 5) is 19.4. The average Bonchev–Trinajstić information content (AvgIpc) is 2.84. The van der Waals surface area contributed by atoms with Crippen molar-refractivity contribution in [3.8, 4) is 17.1 Å². The van der Waals surface area contributed by atoms with Crippen LogP contribution in [-0.2, 0) is 4.79 Å². The molecule has 6 nitrogen and oxygen atoms in total. The highest BCUT2D eigenvalue weighted by Crippen LogP contribution is 2.46. The summed E-state index contributed by atoms with van der Waals surface area (Å²) >= 11 is 1.51. The number of nitrogens with zero attached hydrogens (tertiary/aromatic N) is 4. The number of carbonyl (C=O) groups excluding carboxylic acids is 1. The fourth-order valence-electron chi connectivity index (χ4n) is 4.03. The molecule has 0 spiro atoms. The molecule has 1 amide bonds. The number of benzene rings is 2. The number of amides is 1. The number of hydrogen-bond donors (Lipinski definition) is 0. The first kappa shape index (κ1) is 21.3. The van der Waals surface area contributed by atoms with E-state index < -0.39 is 6.23 Å². The number of fused-ring (bicyclic) bond motifs is 3. The monoisotopic (exact) mass is 434 g/mol. The molecule has 0 saturated carbocycles. The van der Waals surface area contributed by atoms with Crippen LogP contribution >= 0.6 is 11.8 Å². The van der Waals surface area contributed by atoms with E-state index in [1.54, 1.807) is 11.8 Å². The molecule has 0 unspecified atom stereocenters. The number of aromatic nitrogens is 3. The van der Waals surface area contributed by atoms with Crippen LogP contribution in [0.25, 0.3) is 11.3 Å². The predicted octanol–water partition coefficient (Wildman–Crippen LogP) is 5.33. The highest BCUT2D eigenvalue weighted by molar-refractivity contribution is 7.99. The summed E-state index contributed by atoms with van der Waals surface area (Å²) in [6.45, 7) is 11.7. The second-order valence-corrected chi connectivity index (χ2v) is 9.11. The highest BCUT2D eigenvalue weighted by atomic mass is 32.2. The maximum Gasteiger partial charge on any atom is 0.247 e. The Labute approximate surface area is 187 Å². The smallest absolute Gasteiger partial charge is 0.247 e. The molecule has 1 atom stereocenters. The van der Waals surface area contributed by atoms with Gasteiger partial charge in [-0.3, -0.25) is 9.69 Å². The molecule has 2 heterocycles. The molecule has 0 fully saturated rings. The summed E-state index contributed by atoms with van der Waals surface area (Å²) in [5.41, 5.74) is 7.27. The van der Waals surface area contributed by atoms with E-state index in [4.69, 9.17) is 4.74 Å². The number of hydrogen-bond acceptors (Lipinski definition) is 6. The third kappa shape index (κ3) is 3.90. The zero-order valence-electron chi connectivity index (χ0n) is 18.7. The third-order valence-electron chi connectivity index (χ3n) is 5.35. The maximum absolute atomic E-state index is 13.0. The highest BCUT2D eigenvalue weighted by Gasteiger charge is 2.36. The van der Waals surface area contributed by atoms with Crippen molar-refractivity contribution >= 4 is 23.4 Å². The van der Waals surface area contributed by atoms with Crippen molar-refractivity contribution in [2.45, 2.75) is 52.9 Å². The zero-order chi connectivity index (χ0) is 22.3. The summed E-state index contributed by atoms with van der Waals surface area (Å²) in [6, 6.07) is 10.3. The van der Waals surface area contributed by atoms with E-state index in [-0.39, 0.29) is 5.91 Å². The molecule has 1 aliphatic rings. The van der Waals surface area contributed by atoms with Gasteiger partial charge < -0.3 is 4.74 Å². The van der Waals surface area contributed by atoms with Gasteiger partial charge in [-0.2, -0.15) is 4.98 Å². The van der Waals surface area contributed by atoms with Crippen LogP contribution in [0.1, 0.15) is 47.9 Å². The number of thioether (sulfide) groups is 1. The molecule has 0 bridgehead atoms. The quantitative estimate of drug-likeness (QED) is 0.519. The first-order valence-corrected chi connectivity index (χ1v) is 11.3. The minimum absolute atomic E-state index is 0.108. The summed E-state index contributed by atoms with van der Waals surface area (Å²) in [5.74, 6) is 1.12. The van der Waals surface area contributed by atoms with Gasteiger partial charge in [0.15, 0.2) is 5.69 Å². The number of anilines is 1. The molecule has 0 saturated heterocycles. The lowest BCUT2D eigenvalue weighted by atomic mass is 9.99. The SMILES string of the molecule is CCSc1nnc2c(n1)O[C@@H](c1cc(C)ccc1C)N(C(C)=O)c1c(C)cc(C)cc1-2. The second-order valence-electron chi connectivity index (χ2n) is 7.88.